The molecule has 0 unspecified atom stereocenters. The van der Waals surface area contributed by atoms with Crippen LogP contribution in [-0.4, -0.2) is 18.6 Å². The summed E-state index contributed by atoms with van der Waals surface area (Å²) in [6.07, 6.45) is 3.56. The van der Waals surface area contributed by atoms with Crippen LogP contribution in [0.4, 0.5) is 0 Å². The summed E-state index contributed by atoms with van der Waals surface area (Å²) in [6.45, 7) is 1.10. The van der Waals surface area contributed by atoms with Crippen molar-refractivity contribution in [2.24, 2.45) is 0 Å². The second kappa shape index (κ2) is 6.13. The zero-order valence-corrected chi connectivity index (χ0v) is 11.0. The first-order valence-electron chi connectivity index (χ1n) is 5.53. The van der Waals surface area contributed by atoms with E-state index in [0.717, 1.165) is 18.7 Å². The molecular weight excluding hydrogens is 236 g/mol. The standard InChI is InChI=1S/C12H16N2S2/c1-13-7-3-2-6-12-14-10(9-16-12)11-5-4-8-15-11/h4-5,8-9,13H,2-3,6-7H2,1H3. The van der Waals surface area contributed by atoms with Crippen LogP contribution < -0.4 is 5.32 Å². The summed E-state index contributed by atoms with van der Waals surface area (Å²) in [7, 11) is 2.00. The van der Waals surface area contributed by atoms with Gasteiger partial charge in [-0.15, -0.1) is 22.7 Å². The number of unbranched alkanes of at least 4 members (excludes halogenated alkanes) is 1. The molecule has 0 saturated carbocycles. The van der Waals surface area contributed by atoms with Crippen molar-refractivity contribution in [3.05, 3.63) is 27.9 Å². The van der Waals surface area contributed by atoms with E-state index < -0.39 is 0 Å². The molecule has 0 radical (unpaired) electrons. The zero-order chi connectivity index (χ0) is 11.2. The molecule has 0 saturated heterocycles. The Labute approximate surface area is 104 Å². The third-order valence-electron chi connectivity index (χ3n) is 2.39. The lowest BCUT2D eigenvalue weighted by molar-refractivity contribution is 0.676. The first-order chi connectivity index (χ1) is 7.90. The molecule has 0 aliphatic carbocycles. The van der Waals surface area contributed by atoms with Gasteiger partial charge in [0.15, 0.2) is 0 Å². The van der Waals surface area contributed by atoms with E-state index in [1.807, 2.05) is 7.05 Å². The summed E-state index contributed by atoms with van der Waals surface area (Å²) < 4.78 is 0. The van der Waals surface area contributed by atoms with Gasteiger partial charge in [-0.1, -0.05) is 6.07 Å². The Morgan fingerprint density at radius 1 is 1.31 bits per heavy atom. The maximum absolute atomic E-state index is 4.66. The Morgan fingerprint density at radius 2 is 2.25 bits per heavy atom. The average molecular weight is 252 g/mol. The second-order valence-electron chi connectivity index (χ2n) is 3.66. The normalized spacial score (nSPS) is 10.8. The molecule has 2 aromatic heterocycles. The van der Waals surface area contributed by atoms with Gasteiger partial charge in [0, 0.05) is 5.38 Å². The highest BCUT2D eigenvalue weighted by Crippen LogP contribution is 2.26. The molecule has 2 rings (SSSR count). The summed E-state index contributed by atoms with van der Waals surface area (Å²) in [6, 6.07) is 4.20. The molecule has 0 atom stereocenters. The van der Waals surface area contributed by atoms with E-state index in [-0.39, 0.29) is 0 Å². The first kappa shape index (κ1) is 11.8. The summed E-state index contributed by atoms with van der Waals surface area (Å²) in [4.78, 5) is 5.93. The molecule has 0 aliphatic heterocycles. The van der Waals surface area contributed by atoms with E-state index in [1.165, 1.54) is 22.7 Å². The summed E-state index contributed by atoms with van der Waals surface area (Å²) in [5.74, 6) is 0. The van der Waals surface area contributed by atoms with Gasteiger partial charge >= 0.3 is 0 Å². The molecule has 0 fully saturated rings. The van der Waals surface area contributed by atoms with Crippen LogP contribution in [-0.2, 0) is 6.42 Å². The zero-order valence-electron chi connectivity index (χ0n) is 9.40. The fourth-order valence-corrected chi connectivity index (χ4v) is 3.14. The van der Waals surface area contributed by atoms with E-state index >= 15 is 0 Å². The fourth-order valence-electron chi connectivity index (χ4n) is 1.54. The lowest BCUT2D eigenvalue weighted by Crippen LogP contribution is -2.07. The molecule has 16 heavy (non-hydrogen) atoms. The van der Waals surface area contributed by atoms with Crippen LogP contribution in [0.5, 0.6) is 0 Å². The van der Waals surface area contributed by atoms with Gasteiger partial charge in [0.1, 0.15) is 0 Å². The number of hydrogen-bond acceptors (Lipinski definition) is 4. The molecule has 0 aromatic carbocycles. The predicted octanol–water partition coefficient (Wildman–Crippen LogP) is 3.41. The van der Waals surface area contributed by atoms with Crippen molar-refractivity contribution >= 4 is 22.7 Å². The second-order valence-corrected chi connectivity index (χ2v) is 5.55. The fraction of sp³-hybridized carbons (Fsp3) is 0.417. The minimum Gasteiger partial charge on any atom is -0.320 e. The molecule has 0 spiro atoms. The largest absolute Gasteiger partial charge is 0.320 e. The summed E-state index contributed by atoms with van der Waals surface area (Å²) in [5, 5.41) is 8.69. The first-order valence-corrected chi connectivity index (χ1v) is 7.29. The van der Waals surface area contributed by atoms with E-state index in [1.54, 1.807) is 22.7 Å². The van der Waals surface area contributed by atoms with Gasteiger partial charge < -0.3 is 5.32 Å². The predicted molar refractivity (Wildman–Crippen MR) is 72.3 cm³/mol. The number of thiazole rings is 1. The Balaban J connectivity index is 1.88. The van der Waals surface area contributed by atoms with Gasteiger partial charge in [-0.2, -0.15) is 0 Å². The number of aryl methyl sites for hydroxylation is 1. The van der Waals surface area contributed by atoms with E-state index in [0.29, 0.717) is 0 Å². The van der Waals surface area contributed by atoms with Crippen molar-refractivity contribution in [1.29, 1.82) is 0 Å². The molecule has 0 bridgehead atoms. The Bertz CT molecular complexity index is 406. The number of rotatable bonds is 6. The van der Waals surface area contributed by atoms with Gasteiger partial charge in [-0.3, -0.25) is 0 Å². The average Bonchev–Trinajstić information content (AvgIpc) is 2.94. The molecule has 2 nitrogen and oxygen atoms in total. The van der Waals surface area contributed by atoms with Gasteiger partial charge in [0.2, 0.25) is 0 Å². The maximum Gasteiger partial charge on any atom is 0.0932 e. The SMILES string of the molecule is CNCCCCc1nc(-c2cccs2)cs1. The minimum absolute atomic E-state index is 1.10. The number of nitrogens with one attached hydrogen (secondary N) is 1. The Kier molecular flexibility index (Phi) is 4.51. The Hall–Kier alpha value is -0.710. The van der Waals surface area contributed by atoms with Gasteiger partial charge in [0.05, 0.1) is 15.6 Å². The third kappa shape index (κ3) is 3.14. The molecule has 86 valence electrons. The molecule has 0 amide bonds. The lowest BCUT2D eigenvalue weighted by atomic mass is 10.2. The van der Waals surface area contributed by atoms with Crippen LogP contribution in [0.3, 0.4) is 0 Å². The number of aromatic nitrogens is 1. The van der Waals surface area contributed by atoms with E-state index in [4.69, 9.17) is 0 Å². The number of hydrogen-bond donors (Lipinski definition) is 1. The van der Waals surface area contributed by atoms with Crippen molar-refractivity contribution in [2.45, 2.75) is 19.3 Å². The maximum atomic E-state index is 4.66. The van der Waals surface area contributed by atoms with Crippen LogP contribution in [0.1, 0.15) is 17.8 Å². The number of thiophene rings is 1. The smallest absolute Gasteiger partial charge is 0.0932 e. The number of nitrogens with zero attached hydrogens (tertiary/aromatic N) is 1. The molecular formula is C12H16N2S2. The van der Waals surface area contributed by atoms with Crippen LogP contribution in [0.15, 0.2) is 22.9 Å². The topological polar surface area (TPSA) is 24.9 Å². The van der Waals surface area contributed by atoms with Crippen LogP contribution in [0.25, 0.3) is 10.6 Å². The molecule has 1 N–H and O–H groups in total. The van der Waals surface area contributed by atoms with Crippen LogP contribution in [0.2, 0.25) is 0 Å². The molecule has 0 aliphatic rings. The molecule has 2 heterocycles. The highest BCUT2D eigenvalue weighted by Gasteiger charge is 2.04. The van der Waals surface area contributed by atoms with Crippen LogP contribution in [0, 0.1) is 0 Å². The van der Waals surface area contributed by atoms with Gasteiger partial charge in [0.25, 0.3) is 0 Å². The van der Waals surface area contributed by atoms with Crippen molar-refractivity contribution in [3.8, 4) is 10.6 Å². The highest BCUT2D eigenvalue weighted by atomic mass is 32.1. The highest BCUT2D eigenvalue weighted by molar-refractivity contribution is 7.14. The van der Waals surface area contributed by atoms with Crippen molar-refractivity contribution in [3.63, 3.8) is 0 Å². The third-order valence-corrected chi connectivity index (χ3v) is 4.19. The van der Waals surface area contributed by atoms with Gasteiger partial charge in [-0.05, 0) is 44.3 Å². The molecule has 4 heteroatoms. The minimum atomic E-state index is 1.10. The molecule has 2 aromatic rings. The quantitative estimate of drug-likeness (QED) is 0.797. The lowest BCUT2D eigenvalue weighted by Gasteiger charge is -1.97. The summed E-state index contributed by atoms with van der Waals surface area (Å²) in [5.41, 5.74) is 1.14. The van der Waals surface area contributed by atoms with Crippen molar-refractivity contribution in [2.75, 3.05) is 13.6 Å². The Morgan fingerprint density at radius 3 is 3.00 bits per heavy atom. The van der Waals surface area contributed by atoms with Crippen molar-refractivity contribution < 1.29 is 0 Å². The van der Waals surface area contributed by atoms with E-state index in [2.05, 4.69) is 33.2 Å². The monoisotopic (exact) mass is 252 g/mol. The summed E-state index contributed by atoms with van der Waals surface area (Å²) >= 11 is 3.54. The van der Waals surface area contributed by atoms with Gasteiger partial charge in [-0.25, -0.2) is 4.98 Å². The van der Waals surface area contributed by atoms with Crippen LogP contribution >= 0.6 is 22.7 Å². The van der Waals surface area contributed by atoms with E-state index in [9.17, 15) is 0 Å². The van der Waals surface area contributed by atoms with Crippen molar-refractivity contribution in [1.82, 2.24) is 10.3 Å².